The van der Waals surface area contributed by atoms with E-state index in [0.717, 1.165) is 51.8 Å². The monoisotopic (exact) mass is 476 g/mol. The molecule has 7 nitrogen and oxygen atoms in total. The number of aromatic amines is 1. The van der Waals surface area contributed by atoms with Crippen molar-refractivity contribution in [3.8, 4) is 11.5 Å². The molecule has 2 aromatic carbocycles. The van der Waals surface area contributed by atoms with E-state index in [1.165, 1.54) is 10.9 Å². The van der Waals surface area contributed by atoms with Crippen LogP contribution in [0, 0.1) is 6.92 Å². The molecule has 0 spiro atoms. The SMILES string of the molecule is Cc1c(C(=O)NCc2ccccn2)cc2n1C(c1ccc3c(c1)OCO3)c1[nH]c3ccccc3c1C2. The number of nitrogens with one attached hydrogen (secondary N) is 2. The van der Waals surface area contributed by atoms with Crippen molar-refractivity contribution in [1.82, 2.24) is 19.9 Å². The zero-order chi connectivity index (χ0) is 24.2. The molecule has 0 saturated heterocycles. The summed E-state index contributed by atoms with van der Waals surface area (Å²) in [5.74, 6) is 1.40. The average molecular weight is 477 g/mol. The summed E-state index contributed by atoms with van der Waals surface area (Å²) >= 11 is 0. The number of ether oxygens (including phenoxy) is 2. The standard InChI is InChI=1S/C29H24N4O3/c1-17-22(29(34)31-15-19-6-4-5-11-30-19)13-20-14-23-21-7-2-3-8-24(21)32-27(23)28(33(17)20)18-9-10-25-26(12-18)36-16-35-25/h2-13,28,32H,14-16H2,1H3,(H,31,34). The molecule has 5 aromatic rings. The third-order valence-electron chi connectivity index (χ3n) is 7.22. The van der Waals surface area contributed by atoms with Crippen LogP contribution in [-0.4, -0.2) is 27.2 Å². The Hall–Kier alpha value is -4.52. The van der Waals surface area contributed by atoms with Gasteiger partial charge in [-0.05, 0) is 54.4 Å². The summed E-state index contributed by atoms with van der Waals surface area (Å²) in [5, 5.41) is 4.25. The Bertz CT molecular complexity index is 1630. The van der Waals surface area contributed by atoms with E-state index >= 15 is 0 Å². The van der Waals surface area contributed by atoms with Gasteiger partial charge in [0.15, 0.2) is 11.5 Å². The van der Waals surface area contributed by atoms with E-state index in [9.17, 15) is 4.79 Å². The average Bonchev–Trinajstić information content (AvgIpc) is 3.62. The van der Waals surface area contributed by atoms with Crippen molar-refractivity contribution in [2.24, 2.45) is 0 Å². The van der Waals surface area contributed by atoms with Gasteiger partial charge in [-0.15, -0.1) is 0 Å². The molecule has 5 heterocycles. The number of carbonyl (C=O) groups is 1. The van der Waals surface area contributed by atoms with Gasteiger partial charge in [0.25, 0.3) is 5.91 Å². The van der Waals surface area contributed by atoms with Crippen LogP contribution in [-0.2, 0) is 13.0 Å². The van der Waals surface area contributed by atoms with E-state index in [0.29, 0.717) is 12.1 Å². The zero-order valence-corrected chi connectivity index (χ0v) is 19.7. The molecule has 178 valence electrons. The van der Waals surface area contributed by atoms with Crippen LogP contribution in [0.5, 0.6) is 11.5 Å². The fraction of sp³-hybridized carbons (Fsp3) is 0.172. The minimum absolute atomic E-state index is 0.0991. The van der Waals surface area contributed by atoms with Gasteiger partial charge in [0.05, 0.1) is 23.8 Å². The summed E-state index contributed by atoms with van der Waals surface area (Å²) in [6.45, 7) is 2.64. The van der Waals surface area contributed by atoms with Gasteiger partial charge in [0, 0.05) is 40.6 Å². The predicted octanol–water partition coefficient (Wildman–Crippen LogP) is 4.87. The van der Waals surface area contributed by atoms with E-state index in [1.807, 2.05) is 37.3 Å². The number of H-pyrrole nitrogens is 1. The Kier molecular flexibility index (Phi) is 4.64. The highest BCUT2D eigenvalue weighted by Gasteiger charge is 2.33. The summed E-state index contributed by atoms with van der Waals surface area (Å²) in [4.78, 5) is 21.3. The topological polar surface area (TPSA) is 81.2 Å². The molecule has 3 aromatic heterocycles. The molecule has 2 N–H and O–H groups in total. The normalized spacial score (nSPS) is 15.5. The molecule has 2 aliphatic heterocycles. The number of rotatable bonds is 4. The van der Waals surface area contributed by atoms with Gasteiger partial charge in [0.2, 0.25) is 6.79 Å². The van der Waals surface area contributed by atoms with Crippen LogP contribution in [0.1, 0.15) is 50.3 Å². The molecule has 0 saturated carbocycles. The second kappa shape index (κ2) is 8.02. The summed E-state index contributed by atoms with van der Waals surface area (Å²) in [5.41, 5.74) is 8.14. The maximum atomic E-state index is 13.3. The van der Waals surface area contributed by atoms with Crippen LogP contribution >= 0.6 is 0 Å². The number of hydrogen-bond donors (Lipinski definition) is 2. The molecule has 36 heavy (non-hydrogen) atoms. The van der Waals surface area contributed by atoms with Gasteiger partial charge in [-0.3, -0.25) is 9.78 Å². The van der Waals surface area contributed by atoms with Crippen molar-refractivity contribution >= 4 is 16.8 Å². The Balaban J connectivity index is 1.34. The Labute approximate surface area is 207 Å². The molecular formula is C29H24N4O3. The summed E-state index contributed by atoms with van der Waals surface area (Å²) in [6.07, 6.45) is 2.48. The van der Waals surface area contributed by atoms with E-state index in [1.54, 1.807) is 6.20 Å². The van der Waals surface area contributed by atoms with Crippen LogP contribution in [0.4, 0.5) is 0 Å². The molecule has 1 unspecified atom stereocenters. The number of fused-ring (bicyclic) bond motifs is 5. The molecule has 7 heteroatoms. The summed E-state index contributed by atoms with van der Waals surface area (Å²) in [6, 6.07) is 22.1. The highest BCUT2D eigenvalue weighted by molar-refractivity contribution is 5.96. The highest BCUT2D eigenvalue weighted by Crippen LogP contribution is 2.43. The lowest BCUT2D eigenvalue weighted by Gasteiger charge is -2.29. The molecule has 0 radical (unpaired) electrons. The largest absolute Gasteiger partial charge is 0.454 e. The number of carbonyl (C=O) groups excluding carboxylic acids is 1. The van der Waals surface area contributed by atoms with Crippen molar-refractivity contribution in [2.75, 3.05) is 6.79 Å². The van der Waals surface area contributed by atoms with Crippen molar-refractivity contribution in [3.63, 3.8) is 0 Å². The number of aromatic nitrogens is 3. The molecule has 0 aliphatic carbocycles. The number of nitrogens with zero attached hydrogens (tertiary/aromatic N) is 2. The fourth-order valence-corrected chi connectivity index (χ4v) is 5.53. The molecule has 2 aliphatic rings. The summed E-state index contributed by atoms with van der Waals surface area (Å²) in [7, 11) is 0. The Morgan fingerprint density at radius 2 is 1.94 bits per heavy atom. The first-order valence-electron chi connectivity index (χ1n) is 12.0. The van der Waals surface area contributed by atoms with Gasteiger partial charge in [-0.2, -0.15) is 0 Å². The molecule has 1 atom stereocenters. The van der Waals surface area contributed by atoms with Gasteiger partial charge >= 0.3 is 0 Å². The zero-order valence-electron chi connectivity index (χ0n) is 19.7. The van der Waals surface area contributed by atoms with Crippen molar-refractivity contribution < 1.29 is 14.3 Å². The molecule has 0 bridgehead atoms. The number of hydrogen-bond acceptors (Lipinski definition) is 4. The number of benzene rings is 2. The Morgan fingerprint density at radius 1 is 1.08 bits per heavy atom. The molecular weight excluding hydrogens is 452 g/mol. The van der Waals surface area contributed by atoms with Crippen LogP contribution in [0.15, 0.2) is 72.9 Å². The van der Waals surface area contributed by atoms with Gasteiger partial charge in [-0.1, -0.05) is 30.3 Å². The maximum Gasteiger partial charge on any atom is 0.253 e. The lowest BCUT2D eigenvalue weighted by molar-refractivity contribution is 0.0949. The Morgan fingerprint density at radius 3 is 2.83 bits per heavy atom. The number of pyridine rings is 1. The van der Waals surface area contributed by atoms with Crippen LogP contribution < -0.4 is 14.8 Å². The van der Waals surface area contributed by atoms with Crippen LogP contribution in [0.2, 0.25) is 0 Å². The van der Waals surface area contributed by atoms with Crippen LogP contribution in [0.3, 0.4) is 0 Å². The van der Waals surface area contributed by atoms with Crippen molar-refractivity contribution in [2.45, 2.75) is 25.9 Å². The lowest BCUT2D eigenvalue weighted by atomic mass is 9.92. The third kappa shape index (κ3) is 3.20. The maximum absolute atomic E-state index is 13.3. The van der Waals surface area contributed by atoms with Crippen molar-refractivity contribution in [1.29, 1.82) is 0 Å². The second-order valence-electron chi connectivity index (χ2n) is 9.26. The lowest BCUT2D eigenvalue weighted by Crippen LogP contribution is -2.25. The van der Waals surface area contributed by atoms with E-state index in [4.69, 9.17) is 9.47 Å². The van der Waals surface area contributed by atoms with Gasteiger partial charge in [0.1, 0.15) is 0 Å². The smallest absolute Gasteiger partial charge is 0.253 e. The quantitative estimate of drug-likeness (QED) is 0.380. The minimum Gasteiger partial charge on any atom is -0.454 e. The molecule has 1 amide bonds. The first-order chi connectivity index (χ1) is 17.7. The molecule has 0 fully saturated rings. The van der Waals surface area contributed by atoms with Crippen LogP contribution in [0.25, 0.3) is 10.9 Å². The van der Waals surface area contributed by atoms with E-state index in [-0.39, 0.29) is 18.7 Å². The first-order valence-corrected chi connectivity index (χ1v) is 12.0. The predicted molar refractivity (Wildman–Crippen MR) is 135 cm³/mol. The van der Waals surface area contributed by atoms with E-state index in [2.05, 4.69) is 56.3 Å². The van der Waals surface area contributed by atoms with Crippen molar-refractivity contribution in [3.05, 3.63) is 112 Å². The van der Waals surface area contributed by atoms with E-state index < -0.39 is 0 Å². The minimum atomic E-state index is -0.122. The second-order valence-corrected chi connectivity index (χ2v) is 9.26. The number of para-hydroxylation sites is 1. The fourth-order valence-electron chi connectivity index (χ4n) is 5.53. The van der Waals surface area contributed by atoms with Gasteiger partial charge < -0.3 is 24.3 Å². The summed E-state index contributed by atoms with van der Waals surface area (Å²) < 4.78 is 13.5. The number of amides is 1. The van der Waals surface area contributed by atoms with Gasteiger partial charge in [-0.25, -0.2) is 0 Å². The first kappa shape index (κ1) is 20.8. The highest BCUT2D eigenvalue weighted by atomic mass is 16.7. The molecule has 7 rings (SSSR count). The third-order valence-corrected chi connectivity index (χ3v) is 7.22.